The molecule has 2 aliphatic heterocycles. The van der Waals surface area contributed by atoms with Gasteiger partial charge in [0.2, 0.25) is 5.88 Å². The maximum absolute atomic E-state index is 12.7. The van der Waals surface area contributed by atoms with Crippen LogP contribution >= 0.6 is 0 Å². The number of aromatic nitrogens is 2. The molecule has 4 rings (SSSR count). The molecular formula is C18H21N3O3S. The van der Waals surface area contributed by atoms with Gasteiger partial charge in [0.05, 0.1) is 18.1 Å². The molecule has 7 heteroatoms. The van der Waals surface area contributed by atoms with Gasteiger partial charge in [0, 0.05) is 44.0 Å². The van der Waals surface area contributed by atoms with Crippen LogP contribution in [-0.2, 0) is 16.4 Å². The third-order valence-electron chi connectivity index (χ3n) is 5.26. The first-order chi connectivity index (χ1) is 12.1. The van der Waals surface area contributed by atoms with Crippen LogP contribution in [0.15, 0.2) is 48.8 Å². The van der Waals surface area contributed by atoms with Crippen molar-refractivity contribution < 1.29 is 13.2 Å². The Hall–Kier alpha value is -1.99. The predicted molar refractivity (Wildman–Crippen MR) is 93.9 cm³/mol. The highest BCUT2D eigenvalue weighted by Gasteiger charge is 2.61. The molecule has 0 saturated carbocycles. The molecule has 2 aromatic rings. The van der Waals surface area contributed by atoms with E-state index in [2.05, 4.69) is 14.9 Å². The summed E-state index contributed by atoms with van der Waals surface area (Å²) in [5.41, 5.74) is 0.967. The molecule has 2 aromatic heterocycles. The second kappa shape index (κ2) is 6.38. The van der Waals surface area contributed by atoms with Crippen molar-refractivity contribution >= 4 is 9.84 Å². The van der Waals surface area contributed by atoms with Crippen LogP contribution in [0, 0.1) is 5.92 Å². The van der Waals surface area contributed by atoms with Gasteiger partial charge in [-0.3, -0.25) is 9.88 Å². The maximum atomic E-state index is 12.7. The molecule has 6 nitrogen and oxygen atoms in total. The Balaban J connectivity index is 1.43. The number of likely N-dealkylation sites (tertiary alicyclic amines) is 1. The van der Waals surface area contributed by atoms with Crippen molar-refractivity contribution in [2.75, 3.05) is 25.4 Å². The van der Waals surface area contributed by atoms with Gasteiger partial charge in [0.1, 0.15) is 4.75 Å². The van der Waals surface area contributed by atoms with E-state index in [1.165, 1.54) is 0 Å². The minimum Gasteiger partial charge on any atom is -0.477 e. The normalized spacial score (nSPS) is 24.1. The standard InChI is InChI=1S/C18H21N3O3S/c22-25(23)10-7-15(12-24-17-6-2-4-9-20-17)18(25)13-21(14-18)11-16-5-1-3-8-19-16/h1-6,8-9,15H,7,10-14H2/t15-/m0/s1. The molecule has 2 aliphatic rings. The Morgan fingerprint density at radius 1 is 1.12 bits per heavy atom. The molecule has 2 saturated heterocycles. The molecule has 0 amide bonds. The van der Waals surface area contributed by atoms with E-state index in [9.17, 15) is 8.42 Å². The summed E-state index contributed by atoms with van der Waals surface area (Å²) in [6.07, 6.45) is 4.10. The summed E-state index contributed by atoms with van der Waals surface area (Å²) < 4.78 is 30.4. The second-order valence-corrected chi connectivity index (χ2v) is 9.27. The summed E-state index contributed by atoms with van der Waals surface area (Å²) in [5, 5.41) is 0. The van der Waals surface area contributed by atoms with Crippen LogP contribution in [0.3, 0.4) is 0 Å². The zero-order valence-electron chi connectivity index (χ0n) is 13.9. The van der Waals surface area contributed by atoms with Gasteiger partial charge < -0.3 is 4.74 Å². The fourth-order valence-corrected chi connectivity index (χ4v) is 6.32. The van der Waals surface area contributed by atoms with Crippen LogP contribution in [0.5, 0.6) is 5.88 Å². The summed E-state index contributed by atoms with van der Waals surface area (Å²) in [6.45, 7) is 2.20. The highest BCUT2D eigenvalue weighted by Crippen LogP contribution is 2.45. The highest BCUT2D eigenvalue weighted by molar-refractivity contribution is 7.93. The second-order valence-electron chi connectivity index (χ2n) is 6.81. The van der Waals surface area contributed by atoms with Crippen molar-refractivity contribution in [3.8, 4) is 5.88 Å². The van der Waals surface area contributed by atoms with Crippen molar-refractivity contribution in [1.82, 2.24) is 14.9 Å². The molecule has 0 aliphatic carbocycles. The summed E-state index contributed by atoms with van der Waals surface area (Å²) >= 11 is 0. The van der Waals surface area contributed by atoms with Gasteiger partial charge in [-0.15, -0.1) is 0 Å². The SMILES string of the molecule is O=S1(=O)CC[C@@H](COc2ccccn2)C12CN(Cc1ccccn1)C2. The van der Waals surface area contributed by atoms with Crippen LogP contribution in [-0.4, -0.2) is 53.5 Å². The topological polar surface area (TPSA) is 72.4 Å². The first-order valence-electron chi connectivity index (χ1n) is 8.47. The molecule has 1 atom stereocenters. The fourth-order valence-electron chi connectivity index (χ4n) is 3.87. The average Bonchev–Trinajstić information content (AvgIpc) is 2.86. The lowest BCUT2D eigenvalue weighted by Gasteiger charge is -2.49. The molecule has 0 bridgehead atoms. The maximum Gasteiger partial charge on any atom is 0.213 e. The predicted octanol–water partition coefficient (Wildman–Crippen LogP) is 1.54. The molecular weight excluding hydrogens is 338 g/mol. The Bertz CT molecular complexity index is 821. The van der Waals surface area contributed by atoms with Gasteiger partial charge >= 0.3 is 0 Å². The first-order valence-corrected chi connectivity index (χ1v) is 10.1. The number of pyridine rings is 2. The molecule has 0 radical (unpaired) electrons. The van der Waals surface area contributed by atoms with Crippen molar-refractivity contribution in [2.45, 2.75) is 17.7 Å². The third-order valence-corrected chi connectivity index (χ3v) is 7.87. The summed E-state index contributed by atoms with van der Waals surface area (Å²) in [6, 6.07) is 11.3. The highest BCUT2D eigenvalue weighted by atomic mass is 32.2. The van der Waals surface area contributed by atoms with E-state index >= 15 is 0 Å². The van der Waals surface area contributed by atoms with Crippen LogP contribution in [0.2, 0.25) is 0 Å². The molecule has 0 aromatic carbocycles. The number of rotatable bonds is 5. The van der Waals surface area contributed by atoms with E-state index in [1.807, 2.05) is 30.3 Å². The largest absolute Gasteiger partial charge is 0.477 e. The Morgan fingerprint density at radius 3 is 2.56 bits per heavy atom. The molecule has 0 unspecified atom stereocenters. The average molecular weight is 359 g/mol. The number of ether oxygens (including phenoxy) is 1. The molecule has 0 N–H and O–H groups in total. The van der Waals surface area contributed by atoms with E-state index in [0.29, 0.717) is 38.5 Å². The number of sulfone groups is 1. The Labute approximate surface area is 147 Å². The number of hydrogen-bond acceptors (Lipinski definition) is 6. The molecule has 132 valence electrons. The molecule has 25 heavy (non-hydrogen) atoms. The van der Waals surface area contributed by atoms with Crippen molar-refractivity contribution in [2.24, 2.45) is 5.92 Å². The van der Waals surface area contributed by atoms with Crippen LogP contribution in [0.1, 0.15) is 12.1 Å². The van der Waals surface area contributed by atoms with Crippen molar-refractivity contribution in [3.63, 3.8) is 0 Å². The monoisotopic (exact) mass is 359 g/mol. The Morgan fingerprint density at radius 2 is 1.88 bits per heavy atom. The van der Waals surface area contributed by atoms with E-state index in [4.69, 9.17) is 4.74 Å². The van der Waals surface area contributed by atoms with Crippen LogP contribution in [0.25, 0.3) is 0 Å². The quantitative estimate of drug-likeness (QED) is 0.806. The lowest BCUT2D eigenvalue weighted by molar-refractivity contribution is 0.0572. The summed E-state index contributed by atoms with van der Waals surface area (Å²) in [4.78, 5) is 10.6. The van der Waals surface area contributed by atoms with Crippen LogP contribution in [0.4, 0.5) is 0 Å². The summed E-state index contributed by atoms with van der Waals surface area (Å²) in [5.74, 6) is 0.812. The third kappa shape index (κ3) is 3.02. The zero-order valence-corrected chi connectivity index (χ0v) is 14.7. The van der Waals surface area contributed by atoms with Gasteiger partial charge in [-0.25, -0.2) is 13.4 Å². The number of hydrogen-bond donors (Lipinski definition) is 0. The minimum absolute atomic E-state index is 0.0134. The van der Waals surface area contributed by atoms with Gasteiger partial charge in [-0.2, -0.15) is 0 Å². The van der Waals surface area contributed by atoms with E-state index < -0.39 is 14.6 Å². The van der Waals surface area contributed by atoms with Gasteiger partial charge in [0.25, 0.3) is 0 Å². The minimum atomic E-state index is -3.09. The van der Waals surface area contributed by atoms with Crippen LogP contribution < -0.4 is 4.74 Å². The van der Waals surface area contributed by atoms with Gasteiger partial charge in [-0.1, -0.05) is 12.1 Å². The Kier molecular flexibility index (Phi) is 4.21. The number of nitrogens with zero attached hydrogens (tertiary/aromatic N) is 3. The fraction of sp³-hybridized carbons (Fsp3) is 0.444. The summed E-state index contributed by atoms with van der Waals surface area (Å²) in [7, 11) is -3.09. The lowest BCUT2D eigenvalue weighted by Crippen LogP contribution is -2.67. The van der Waals surface area contributed by atoms with Gasteiger partial charge in [0.15, 0.2) is 9.84 Å². The molecule has 2 fully saturated rings. The van der Waals surface area contributed by atoms with E-state index in [0.717, 1.165) is 5.69 Å². The zero-order chi connectivity index (χ0) is 17.3. The smallest absolute Gasteiger partial charge is 0.213 e. The van der Waals surface area contributed by atoms with Crippen molar-refractivity contribution in [3.05, 3.63) is 54.5 Å². The van der Waals surface area contributed by atoms with E-state index in [1.54, 1.807) is 18.5 Å². The molecule has 1 spiro atoms. The van der Waals surface area contributed by atoms with E-state index in [-0.39, 0.29) is 11.7 Å². The lowest BCUT2D eigenvalue weighted by atomic mass is 9.83. The van der Waals surface area contributed by atoms with Gasteiger partial charge in [-0.05, 0) is 24.6 Å². The first kappa shape index (κ1) is 16.5. The molecule has 4 heterocycles. The van der Waals surface area contributed by atoms with Crippen molar-refractivity contribution in [1.29, 1.82) is 0 Å².